The Balaban J connectivity index is 1.21. The van der Waals surface area contributed by atoms with Gasteiger partial charge in [0, 0.05) is 12.5 Å². The van der Waals surface area contributed by atoms with Crippen molar-refractivity contribution in [2.45, 2.75) is 63.3 Å². The molecule has 2 aromatic heterocycles. The molecule has 2 aliphatic heterocycles. The Kier molecular flexibility index (Phi) is 6.82. The monoisotopic (exact) mass is 532 g/mol. The molecule has 3 N–H and O–H groups in total. The van der Waals surface area contributed by atoms with Gasteiger partial charge in [-0.15, -0.1) is 11.3 Å². The normalized spacial score (nSPS) is 23.1. The first kappa shape index (κ1) is 25.2. The van der Waals surface area contributed by atoms with Crippen molar-refractivity contribution in [3.63, 3.8) is 0 Å². The lowest BCUT2D eigenvalue weighted by atomic mass is 9.89. The van der Waals surface area contributed by atoms with Gasteiger partial charge in [0.2, 0.25) is 0 Å². The predicted octanol–water partition coefficient (Wildman–Crippen LogP) is 4.90. The van der Waals surface area contributed by atoms with E-state index in [1.807, 2.05) is 6.07 Å². The van der Waals surface area contributed by atoms with Crippen molar-refractivity contribution < 1.29 is 9.59 Å². The lowest BCUT2D eigenvalue weighted by Crippen LogP contribution is -2.46. The molecular formula is C29H36N6O2S. The summed E-state index contributed by atoms with van der Waals surface area (Å²) >= 11 is 1.79. The minimum absolute atomic E-state index is 0.145. The highest BCUT2D eigenvalue weighted by Crippen LogP contribution is 2.43. The van der Waals surface area contributed by atoms with Gasteiger partial charge in [-0.3, -0.25) is 9.59 Å². The van der Waals surface area contributed by atoms with Crippen LogP contribution >= 0.6 is 11.3 Å². The molecule has 2 unspecified atom stereocenters. The molecule has 1 aliphatic carbocycles. The largest absolute Gasteiger partial charge is 0.383 e. The van der Waals surface area contributed by atoms with Gasteiger partial charge in [-0.2, -0.15) is 0 Å². The minimum atomic E-state index is -0.628. The smallest absolute Gasteiger partial charge is 0.313 e. The molecule has 2 amide bonds. The first-order valence-electron chi connectivity index (χ1n) is 13.8. The number of rotatable bonds is 4. The molecule has 9 heteroatoms. The van der Waals surface area contributed by atoms with Crippen LogP contribution in [0.1, 0.15) is 79.5 Å². The zero-order valence-corrected chi connectivity index (χ0v) is 23.0. The van der Waals surface area contributed by atoms with Crippen molar-refractivity contribution in [1.82, 2.24) is 19.8 Å². The highest BCUT2D eigenvalue weighted by Gasteiger charge is 2.35. The number of hydrogen-bond acceptors (Lipinski definition) is 7. The third-order valence-corrected chi connectivity index (χ3v) is 9.58. The fourth-order valence-corrected chi connectivity index (χ4v) is 7.04. The maximum atomic E-state index is 13.5. The summed E-state index contributed by atoms with van der Waals surface area (Å²) in [6.45, 7) is 4.91. The SMILES string of the molecule is CC1CCC(c2ccc3sc(C4CCN(C)CC4)nc3c2)N(C(=O)C(=O)Nc2cnc(N)c(C3CC3)c2)C1. The molecule has 3 aromatic rings. The highest BCUT2D eigenvalue weighted by atomic mass is 32.1. The van der Waals surface area contributed by atoms with Gasteiger partial charge in [-0.05, 0) is 99.8 Å². The van der Waals surface area contributed by atoms with Gasteiger partial charge in [-0.25, -0.2) is 9.97 Å². The van der Waals surface area contributed by atoms with Crippen LogP contribution in [-0.4, -0.2) is 58.3 Å². The molecule has 6 rings (SSSR count). The van der Waals surface area contributed by atoms with Crippen LogP contribution in [0.4, 0.5) is 11.5 Å². The molecule has 1 saturated carbocycles. The van der Waals surface area contributed by atoms with Crippen molar-refractivity contribution in [3.05, 3.63) is 46.6 Å². The van der Waals surface area contributed by atoms with Crippen LogP contribution in [0, 0.1) is 5.92 Å². The van der Waals surface area contributed by atoms with Crippen LogP contribution in [0.25, 0.3) is 10.2 Å². The van der Waals surface area contributed by atoms with Gasteiger partial charge >= 0.3 is 11.8 Å². The van der Waals surface area contributed by atoms with Gasteiger partial charge in [0.05, 0.1) is 33.2 Å². The summed E-state index contributed by atoms with van der Waals surface area (Å²) in [5.41, 5.74) is 9.54. The van der Waals surface area contributed by atoms with Crippen LogP contribution < -0.4 is 11.1 Å². The van der Waals surface area contributed by atoms with E-state index in [0.29, 0.717) is 35.8 Å². The van der Waals surface area contributed by atoms with Crippen molar-refractivity contribution in [3.8, 4) is 0 Å². The number of benzene rings is 1. The number of nitrogen functional groups attached to an aromatic ring is 1. The second kappa shape index (κ2) is 10.3. The Bertz CT molecular complexity index is 1360. The van der Waals surface area contributed by atoms with Crippen molar-refractivity contribution >= 4 is 44.9 Å². The Hall–Kier alpha value is -3.04. The molecule has 4 heterocycles. The molecular weight excluding hydrogens is 496 g/mol. The fraction of sp³-hybridized carbons (Fsp3) is 0.517. The molecule has 0 bridgehead atoms. The average molecular weight is 533 g/mol. The van der Waals surface area contributed by atoms with E-state index in [1.54, 1.807) is 16.2 Å². The first-order chi connectivity index (χ1) is 18.4. The van der Waals surface area contributed by atoms with E-state index in [1.165, 1.54) is 15.9 Å². The number of likely N-dealkylation sites (tertiary alicyclic amines) is 2. The number of nitrogens with two attached hydrogens (primary N) is 1. The van der Waals surface area contributed by atoms with Gasteiger partial charge in [-0.1, -0.05) is 13.0 Å². The van der Waals surface area contributed by atoms with Gasteiger partial charge in [0.1, 0.15) is 5.82 Å². The standard InChI is InChI=1S/C29H36N6O2S/c1-17-3-7-24(20-6-8-25-23(13-20)33-28(38-25)19-9-11-34(2)12-10-19)35(16-17)29(37)27(36)32-21-14-22(18-4-5-18)26(30)31-15-21/h6,8,13-15,17-19,24H,3-5,7,9-12,16H2,1-2H3,(H2,30,31)(H,32,36). The molecule has 0 radical (unpaired) electrons. The summed E-state index contributed by atoms with van der Waals surface area (Å²) in [5.74, 6) is 0.629. The molecule has 3 aliphatic rings. The molecule has 0 spiro atoms. The number of thiazole rings is 1. The van der Waals surface area contributed by atoms with Crippen LogP contribution in [0.2, 0.25) is 0 Å². The number of pyridine rings is 1. The summed E-state index contributed by atoms with van der Waals surface area (Å²) in [6.07, 6.45) is 7.82. The predicted molar refractivity (Wildman–Crippen MR) is 151 cm³/mol. The van der Waals surface area contributed by atoms with Gasteiger partial charge in [0.15, 0.2) is 0 Å². The summed E-state index contributed by atoms with van der Waals surface area (Å²) < 4.78 is 1.18. The Labute approximate surface area is 227 Å². The highest BCUT2D eigenvalue weighted by molar-refractivity contribution is 7.18. The molecule has 38 heavy (non-hydrogen) atoms. The zero-order chi connectivity index (χ0) is 26.4. The summed E-state index contributed by atoms with van der Waals surface area (Å²) in [4.78, 5) is 40.0. The lowest BCUT2D eigenvalue weighted by molar-refractivity contribution is -0.146. The minimum Gasteiger partial charge on any atom is -0.383 e. The number of aromatic nitrogens is 2. The van der Waals surface area contributed by atoms with E-state index in [0.717, 1.165) is 68.3 Å². The van der Waals surface area contributed by atoms with E-state index in [2.05, 4.69) is 47.4 Å². The van der Waals surface area contributed by atoms with Crippen molar-refractivity contribution in [2.24, 2.45) is 5.92 Å². The Morgan fingerprint density at radius 2 is 1.84 bits per heavy atom. The van der Waals surface area contributed by atoms with E-state index < -0.39 is 11.8 Å². The number of anilines is 2. The average Bonchev–Trinajstić information content (AvgIpc) is 3.67. The summed E-state index contributed by atoms with van der Waals surface area (Å²) in [5, 5.41) is 4.01. The third kappa shape index (κ3) is 5.14. The molecule has 8 nitrogen and oxygen atoms in total. The van der Waals surface area contributed by atoms with Crippen molar-refractivity contribution in [1.29, 1.82) is 0 Å². The van der Waals surface area contributed by atoms with Crippen LogP contribution in [0.15, 0.2) is 30.5 Å². The summed E-state index contributed by atoms with van der Waals surface area (Å²) in [6, 6.07) is 8.10. The number of piperidine rings is 2. The van der Waals surface area contributed by atoms with Crippen molar-refractivity contribution in [2.75, 3.05) is 37.7 Å². The topological polar surface area (TPSA) is 104 Å². The maximum Gasteiger partial charge on any atom is 0.313 e. The molecule has 3 fully saturated rings. The number of fused-ring (bicyclic) bond motifs is 1. The molecule has 2 saturated heterocycles. The number of carbonyl (C=O) groups excluding carboxylic acids is 2. The van der Waals surface area contributed by atoms with E-state index in [-0.39, 0.29) is 6.04 Å². The Morgan fingerprint density at radius 3 is 2.61 bits per heavy atom. The number of nitrogens with one attached hydrogen (secondary N) is 1. The molecule has 2 atom stereocenters. The fourth-order valence-electron chi connectivity index (χ4n) is 5.92. The number of hydrogen-bond donors (Lipinski definition) is 2. The zero-order valence-electron chi connectivity index (χ0n) is 22.2. The van der Waals surface area contributed by atoms with E-state index in [9.17, 15) is 9.59 Å². The second-order valence-corrected chi connectivity index (χ2v) is 12.5. The van der Waals surface area contributed by atoms with Crippen LogP contribution in [0.5, 0.6) is 0 Å². The first-order valence-corrected chi connectivity index (χ1v) is 14.6. The second-order valence-electron chi connectivity index (χ2n) is 11.4. The number of nitrogens with zero attached hydrogens (tertiary/aromatic N) is 4. The number of amides is 2. The van der Waals surface area contributed by atoms with Crippen LogP contribution in [-0.2, 0) is 9.59 Å². The molecule has 200 valence electrons. The van der Waals surface area contributed by atoms with E-state index in [4.69, 9.17) is 10.7 Å². The van der Waals surface area contributed by atoms with Crippen LogP contribution in [0.3, 0.4) is 0 Å². The summed E-state index contributed by atoms with van der Waals surface area (Å²) in [7, 11) is 2.18. The molecule has 1 aromatic carbocycles. The number of carbonyl (C=O) groups is 2. The van der Waals surface area contributed by atoms with E-state index >= 15 is 0 Å². The quantitative estimate of drug-likeness (QED) is 0.463. The maximum absolute atomic E-state index is 13.5. The van der Waals surface area contributed by atoms with Gasteiger partial charge < -0.3 is 20.9 Å². The lowest BCUT2D eigenvalue weighted by Gasteiger charge is -2.38. The Morgan fingerprint density at radius 1 is 1.05 bits per heavy atom. The third-order valence-electron chi connectivity index (χ3n) is 8.38. The van der Waals surface area contributed by atoms with Gasteiger partial charge in [0.25, 0.3) is 0 Å².